The van der Waals surface area contributed by atoms with Crippen molar-refractivity contribution in [1.29, 1.82) is 0 Å². The van der Waals surface area contributed by atoms with Gasteiger partial charge in [-0.3, -0.25) is 5.10 Å². The summed E-state index contributed by atoms with van der Waals surface area (Å²) in [6.45, 7) is 2.12. The molecule has 3 aromatic rings. The first kappa shape index (κ1) is 11.5. The van der Waals surface area contributed by atoms with E-state index in [-0.39, 0.29) is 5.97 Å². The van der Waals surface area contributed by atoms with Gasteiger partial charge < -0.3 is 9.72 Å². The van der Waals surface area contributed by atoms with Gasteiger partial charge >= 0.3 is 5.97 Å². The molecule has 0 saturated heterocycles. The number of aromatic nitrogens is 4. The van der Waals surface area contributed by atoms with Crippen LogP contribution in [0, 0.1) is 0 Å². The van der Waals surface area contributed by atoms with Gasteiger partial charge in [-0.1, -0.05) is 0 Å². The molecule has 3 rings (SSSR count). The van der Waals surface area contributed by atoms with Crippen LogP contribution >= 0.6 is 0 Å². The summed E-state index contributed by atoms with van der Waals surface area (Å²) in [7, 11) is 0. The molecule has 0 atom stereocenters. The first-order valence-electron chi connectivity index (χ1n) is 5.95. The van der Waals surface area contributed by atoms with Crippen LogP contribution in [0.5, 0.6) is 0 Å². The van der Waals surface area contributed by atoms with Gasteiger partial charge in [0.1, 0.15) is 5.69 Å². The molecule has 19 heavy (non-hydrogen) atoms. The van der Waals surface area contributed by atoms with Crippen LogP contribution in [-0.4, -0.2) is 32.7 Å². The number of fused-ring (bicyclic) bond motifs is 1. The van der Waals surface area contributed by atoms with Gasteiger partial charge in [-0.05, 0) is 31.2 Å². The number of rotatable bonds is 3. The maximum atomic E-state index is 11.6. The maximum absolute atomic E-state index is 11.6. The molecule has 3 heterocycles. The number of carbonyl (C=O) groups is 1. The molecule has 6 nitrogen and oxygen atoms in total. The normalized spacial score (nSPS) is 10.8. The zero-order valence-electron chi connectivity index (χ0n) is 10.3. The Labute approximate surface area is 108 Å². The third-order valence-electron chi connectivity index (χ3n) is 2.78. The van der Waals surface area contributed by atoms with Gasteiger partial charge in [0, 0.05) is 11.6 Å². The predicted octanol–water partition coefficient (Wildman–Crippen LogP) is 2.13. The predicted molar refractivity (Wildman–Crippen MR) is 69.6 cm³/mol. The van der Waals surface area contributed by atoms with Gasteiger partial charge in [0.05, 0.1) is 18.0 Å². The molecule has 3 aromatic heterocycles. The lowest BCUT2D eigenvalue weighted by molar-refractivity contribution is 0.0520. The summed E-state index contributed by atoms with van der Waals surface area (Å²) in [6.07, 6.45) is 1.69. The number of hydrogen-bond acceptors (Lipinski definition) is 4. The molecular formula is C13H12N4O2. The molecule has 0 unspecified atom stereocenters. The lowest BCUT2D eigenvalue weighted by Gasteiger charge is -1.98. The van der Waals surface area contributed by atoms with Crippen molar-refractivity contribution in [3.63, 3.8) is 0 Å². The average molecular weight is 256 g/mol. The molecular weight excluding hydrogens is 244 g/mol. The number of carbonyl (C=O) groups excluding carboxylic acids is 1. The highest BCUT2D eigenvalue weighted by Gasteiger charge is 2.13. The maximum Gasteiger partial charge on any atom is 0.354 e. The van der Waals surface area contributed by atoms with Crippen LogP contribution in [0.3, 0.4) is 0 Å². The van der Waals surface area contributed by atoms with Crippen LogP contribution < -0.4 is 0 Å². The van der Waals surface area contributed by atoms with Crippen LogP contribution in [0.2, 0.25) is 0 Å². The molecule has 0 spiro atoms. The van der Waals surface area contributed by atoms with Gasteiger partial charge in [0.15, 0.2) is 5.65 Å². The lowest BCUT2D eigenvalue weighted by atomic mass is 10.2. The van der Waals surface area contributed by atoms with E-state index in [1.165, 1.54) is 0 Å². The van der Waals surface area contributed by atoms with Crippen LogP contribution in [-0.2, 0) is 4.74 Å². The van der Waals surface area contributed by atoms with Gasteiger partial charge in [0.2, 0.25) is 0 Å². The van der Waals surface area contributed by atoms with Gasteiger partial charge in [-0.15, -0.1) is 0 Å². The van der Waals surface area contributed by atoms with Crippen molar-refractivity contribution < 1.29 is 9.53 Å². The Balaban J connectivity index is 2.01. The SMILES string of the molecule is CCOC(=O)c1ccc(-c2[nH]nc3ncccc23)[nH]1. The van der Waals surface area contributed by atoms with Crippen molar-refractivity contribution in [2.24, 2.45) is 0 Å². The fourth-order valence-electron chi connectivity index (χ4n) is 1.92. The summed E-state index contributed by atoms with van der Waals surface area (Å²) < 4.78 is 4.94. The number of ether oxygens (including phenoxy) is 1. The Bertz CT molecular complexity index is 729. The molecule has 2 N–H and O–H groups in total. The number of esters is 1. The lowest BCUT2D eigenvalue weighted by Crippen LogP contribution is -2.04. The highest BCUT2D eigenvalue weighted by molar-refractivity contribution is 5.92. The fraction of sp³-hybridized carbons (Fsp3) is 0.154. The van der Waals surface area contributed by atoms with E-state index in [9.17, 15) is 4.79 Å². The Kier molecular flexibility index (Phi) is 2.75. The van der Waals surface area contributed by atoms with Crippen LogP contribution in [0.25, 0.3) is 22.4 Å². The number of H-pyrrole nitrogens is 2. The van der Waals surface area contributed by atoms with E-state index in [2.05, 4.69) is 20.2 Å². The number of nitrogens with one attached hydrogen (secondary N) is 2. The highest BCUT2D eigenvalue weighted by atomic mass is 16.5. The third kappa shape index (κ3) is 1.97. The van der Waals surface area contributed by atoms with E-state index in [0.29, 0.717) is 17.9 Å². The second-order valence-corrected chi connectivity index (χ2v) is 3.98. The van der Waals surface area contributed by atoms with Crippen molar-refractivity contribution in [3.05, 3.63) is 36.2 Å². The quantitative estimate of drug-likeness (QED) is 0.703. The van der Waals surface area contributed by atoms with Gasteiger partial charge in [-0.2, -0.15) is 5.10 Å². The number of aromatic amines is 2. The van der Waals surface area contributed by atoms with Gasteiger partial charge in [-0.25, -0.2) is 9.78 Å². The zero-order chi connectivity index (χ0) is 13.2. The summed E-state index contributed by atoms with van der Waals surface area (Å²) >= 11 is 0. The second-order valence-electron chi connectivity index (χ2n) is 3.98. The smallest absolute Gasteiger partial charge is 0.354 e. The Morgan fingerprint density at radius 2 is 2.26 bits per heavy atom. The van der Waals surface area contributed by atoms with E-state index in [0.717, 1.165) is 16.8 Å². The number of pyridine rings is 1. The minimum absolute atomic E-state index is 0.351. The largest absolute Gasteiger partial charge is 0.461 e. The topological polar surface area (TPSA) is 83.7 Å². The minimum Gasteiger partial charge on any atom is -0.461 e. The number of nitrogens with zero attached hydrogens (tertiary/aromatic N) is 2. The Morgan fingerprint density at radius 1 is 1.37 bits per heavy atom. The molecule has 0 saturated carbocycles. The molecule has 0 fully saturated rings. The molecule has 6 heteroatoms. The van der Waals surface area contributed by atoms with Crippen LogP contribution in [0.1, 0.15) is 17.4 Å². The van der Waals surface area contributed by atoms with Crippen molar-refractivity contribution >= 4 is 17.0 Å². The monoisotopic (exact) mass is 256 g/mol. The van der Waals surface area contributed by atoms with E-state index in [4.69, 9.17) is 4.74 Å². The molecule has 0 bridgehead atoms. The molecule has 0 aromatic carbocycles. The van der Waals surface area contributed by atoms with Crippen molar-refractivity contribution in [1.82, 2.24) is 20.2 Å². The molecule has 0 radical (unpaired) electrons. The fourth-order valence-corrected chi connectivity index (χ4v) is 1.92. The Hall–Kier alpha value is -2.63. The second kappa shape index (κ2) is 4.56. The number of hydrogen-bond donors (Lipinski definition) is 2. The third-order valence-corrected chi connectivity index (χ3v) is 2.78. The summed E-state index contributed by atoms with van der Waals surface area (Å²) in [6, 6.07) is 7.27. The summed E-state index contributed by atoms with van der Waals surface area (Å²) in [5.41, 5.74) is 2.64. The molecule has 0 aliphatic carbocycles. The minimum atomic E-state index is -0.365. The van der Waals surface area contributed by atoms with Gasteiger partial charge in [0.25, 0.3) is 0 Å². The van der Waals surface area contributed by atoms with E-state index >= 15 is 0 Å². The first-order chi connectivity index (χ1) is 9.29. The van der Waals surface area contributed by atoms with Crippen molar-refractivity contribution in [3.8, 4) is 11.4 Å². The van der Waals surface area contributed by atoms with Crippen LogP contribution in [0.4, 0.5) is 0 Å². The summed E-state index contributed by atoms with van der Waals surface area (Å²) in [5, 5.41) is 7.93. The Morgan fingerprint density at radius 3 is 3.11 bits per heavy atom. The van der Waals surface area contributed by atoms with E-state index in [1.807, 2.05) is 18.2 Å². The van der Waals surface area contributed by atoms with E-state index < -0.39 is 0 Å². The summed E-state index contributed by atoms with van der Waals surface area (Å²) in [4.78, 5) is 18.8. The van der Waals surface area contributed by atoms with Crippen molar-refractivity contribution in [2.75, 3.05) is 6.61 Å². The first-order valence-corrected chi connectivity index (χ1v) is 5.95. The molecule has 0 aliphatic heterocycles. The molecule has 0 amide bonds. The van der Waals surface area contributed by atoms with E-state index in [1.54, 1.807) is 19.2 Å². The average Bonchev–Trinajstić information content (AvgIpc) is 3.05. The zero-order valence-corrected chi connectivity index (χ0v) is 10.3. The highest BCUT2D eigenvalue weighted by Crippen LogP contribution is 2.24. The van der Waals surface area contributed by atoms with Crippen LogP contribution in [0.15, 0.2) is 30.5 Å². The van der Waals surface area contributed by atoms with Crippen molar-refractivity contribution in [2.45, 2.75) is 6.92 Å². The summed E-state index contributed by atoms with van der Waals surface area (Å²) in [5.74, 6) is -0.365. The molecule has 96 valence electrons. The standard InChI is InChI=1S/C13H12N4O2/c1-2-19-13(18)10-6-5-9(15-10)11-8-4-3-7-14-12(8)17-16-11/h3-7,15H,2H2,1H3,(H,14,16,17). The molecule has 0 aliphatic rings.